The summed E-state index contributed by atoms with van der Waals surface area (Å²) in [4.78, 5) is 15.3. The topological polar surface area (TPSA) is 173 Å². The van der Waals surface area contributed by atoms with Gasteiger partial charge in [0.2, 0.25) is 5.78 Å². The van der Waals surface area contributed by atoms with E-state index in [4.69, 9.17) is 10.2 Å². The number of hydrogen-bond acceptors (Lipinski definition) is 9. The summed E-state index contributed by atoms with van der Waals surface area (Å²) >= 11 is 0. The Labute approximate surface area is 131 Å². The van der Waals surface area contributed by atoms with Gasteiger partial charge in [-0.25, -0.2) is 0 Å². The lowest BCUT2D eigenvalue weighted by atomic mass is 9.99. The third-order valence-electron chi connectivity index (χ3n) is 2.76. The van der Waals surface area contributed by atoms with Crippen LogP contribution < -0.4 is 0 Å². The van der Waals surface area contributed by atoms with Crippen molar-refractivity contribution in [1.82, 2.24) is 20.4 Å². The van der Waals surface area contributed by atoms with Crippen molar-refractivity contribution in [3.63, 3.8) is 0 Å². The third kappa shape index (κ3) is 5.81. The highest BCUT2D eigenvalue weighted by atomic mass is 16.4. The highest BCUT2D eigenvalue weighted by Crippen LogP contribution is 2.09. The van der Waals surface area contributed by atoms with Gasteiger partial charge in [-0.15, -0.1) is 5.10 Å². The van der Waals surface area contributed by atoms with Gasteiger partial charge in [0, 0.05) is 12.4 Å². The molecule has 10 heteroatoms. The summed E-state index contributed by atoms with van der Waals surface area (Å²) in [5.74, 6) is -0.963. The standard InChI is InChI=1S/C8H13N3O6.C5H5N/c12-2-4(13)6(15)8(17)7(16)5(14)3-1-9-11-10-3;1-2-4-6-5-3-1/h1,4,6-8,12-13,15-17H,2H2,(H,9,10,11);1-5H/t4-,6-,7+,8+;/m1./s1. The number of pyridine rings is 1. The number of aromatic nitrogens is 4. The minimum absolute atomic E-state index is 0.220. The number of carbonyl (C=O) groups excluding carboxylic acids is 1. The summed E-state index contributed by atoms with van der Waals surface area (Å²) in [6.45, 7) is -0.816. The fourth-order valence-electron chi connectivity index (χ4n) is 1.46. The number of aromatic amines is 1. The molecule has 0 fully saturated rings. The highest BCUT2D eigenvalue weighted by molar-refractivity contribution is 5.97. The number of rotatable bonds is 6. The summed E-state index contributed by atoms with van der Waals surface area (Å²) in [5.41, 5.74) is -0.220. The summed E-state index contributed by atoms with van der Waals surface area (Å²) in [5, 5.41) is 54.5. The van der Waals surface area contributed by atoms with Crippen LogP contribution in [0.3, 0.4) is 0 Å². The first-order valence-corrected chi connectivity index (χ1v) is 6.57. The van der Waals surface area contributed by atoms with Crippen LogP contribution in [0.25, 0.3) is 0 Å². The maximum atomic E-state index is 11.5. The molecule has 0 amide bonds. The van der Waals surface area contributed by atoms with E-state index in [1.165, 1.54) is 0 Å². The maximum Gasteiger partial charge on any atom is 0.215 e. The molecule has 0 aliphatic heterocycles. The van der Waals surface area contributed by atoms with E-state index < -0.39 is 36.8 Å². The number of nitrogens with one attached hydrogen (secondary N) is 1. The maximum absolute atomic E-state index is 11.5. The SMILES string of the molecule is O=C(c1c[nH]nn1)[C@H](O)[C@@H](O)[C@H](O)[C@H](O)CO.c1ccncc1. The first-order valence-electron chi connectivity index (χ1n) is 6.57. The fourth-order valence-corrected chi connectivity index (χ4v) is 1.46. The zero-order chi connectivity index (χ0) is 17.2. The van der Waals surface area contributed by atoms with E-state index in [1.54, 1.807) is 12.4 Å². The molecular formula is C13H18N4O6. The van der Waals surface area contributed by atoms with E-state index in [9.17, 15) is 20.1 Å². The zero-order valence-corrected chi connectivity index (χ0v) is 12.0. The quantitative estimate of drug-likeness (QED) is 0.314. The average Bonchev–Trinajstić information content (AvgIpc) is 3.15. The van der Waals surface area contributed by atoms with Crippen LogP contribution in [0.1, 0.15) is 10.5 Å². The molecule has 0 bridgehead atoms. The van der Waals surface area contributed by atoms with Crippen molar-refractivity contribution in [2.45, 2.75) is 24.4 Å². The van der Waals surface area contributed by atoms with Crippen LogP contribution >= 0.6 is 0 Å². The Hall–Kier alpha value is -2.24. The van der Waals surface area contributed by atoms with E-state index in [0.29, 0.717) is 0 Å². The Morgan fingerprint density at radius 1 is 1.09 bits per heavy atom. The number of carbonyl (C=O) groups is 1. The van der Waals surface area contributed by atoms with Crippen molar-refractivity contribution in [1.29, 1.82) is 0 Å². The minimum atomic E-state index is -1.98. The highest BCUT2D eigenvalue weighted by Gasteiger charge is 2.35. The van der Waals surface area contributed by atoms with Gasteiger partial charge in [-0.2, -0.15) is 0 Å². The molecule has 0 aliphatic carbocycles. The van der Waals surface area contributed by atoms with E-state index in [2.05, 4.69) is 20.4 Å². The summed E-state index contributed by atoms with van der Waals surface area (Å²) < 4.78 is 0. The lowest BCUT2D eigenvalue weighted by Crippen LogP contribution is -2.48. The van der Waals surface area contributed by atoms with Crippen molar-refractivity contribution in [3.05, 3.63) is 42.5 Å². The predicted molar refractivity (Wildman–Crippen MR) is 76.1 cm³/mol. The molecule has 0 spiro atoms. The second-order valence-electron chi connectivity index (χ2n) is 4.42. The molecule has 2 aromatic rings. The normalized spacial score (nSPS) is 15.7. The van der Waals surface area contributed by atoms with Crippen LogP contribution in [-0.4, -0.2) is 82.7 Å². The number of hydrogen-bond donors (Lipinski definition) is 6. The van der Waals surface area contributed by atoms with E-state index in [-0.39, 0.29) is 5.69 Å². The van der Waals surface area contributed by atoms with Crippen molar-refractivity contribution in [2.24, 2.45) is 0 Å². The van der Waals surface area contributed by atoms with Gasteiger partial charge in [0.25, 0.3) is 0 Å². The Kier molecular flexibility index (Phi) is 7.94. The Morgan fingerprint density at radius 2 is 1.74 bits per heavy atom. The third-order valence-corrected chi connectivity index (χ3v) is 2.76. The number of H-pyrrole nitrogens is 1. The van der Waals surface area contributed by atoms with E-state index in [0.717, 1.165) is 6.20 Å². The number of ketones is 1. The van der Waals surface area contributed by atoms with Gasteiger partial charge in [-0.1, -0.05) is 11.3 Å². The van der Waals surface area contributed by atoms with Crippen LogP contribution in [0.5, 0.6) is 0 Å². The smallest absolute Gasteiger partial charge is 0.215 e. The Morgan fingerprint density at radius 3 is 2.13 bits per heavy atom. The Balaban J connectivity index is 0.000000366. The van der Waals surface area contributed by atoms with Crippen molar-refractivity contribution in [2.75, 3.05) is 6.61 Å². The molecule has 0 radical (unpaired) electrons. The van der Waals surface area contributed by atoms with Crippen LogP contribution in [0.4, 0.5) is 0 Å². The molecule has 10 nitrogen and oxygen atoms in total. The lowest BCUT2D eigenvalue weighted by molar-refractivity contribution is -0.105. The second-order valence-corrected chi connectivity index (χ2v) is 4.42. The van der Waals surface area contributed by atoms with Gasteiger partial charge in [-0.05, 0) is 12.1 Å². The molecule has 2 rings (SSSR count). The molecule has 0 saturated heterocycles. The van der Waals surface area contributed by atoms with Gasteiger partial charge in [-0.3, -0.25) is 14.9 Å². The zero-order valence-electron chi connectivity index (χ0n) is 12.0. The molecule has 2 aromatic heterocycles. The van der Waals surface area contributed by atoms with Crippen LogP contribution in [-0.2, 0) is 0 Å². The predicted octanol–water partition coefficient (Wildman–Crippen LogP) is -2.50. The number of aliphatic hydroxyl groups excluding tert-OH is 5. The van der Waals surface area contributed by atoms with Crippen molar-refractivity contribution >= 4 is 5.78 Å². The molecule has 2 heterocycles. The van der Waals surface area contributed by atoms with Crippen LogP contribution in [0.15, 0.2) is 36.8 Å². The largest absolute Gasteiger partial charge is 0.394 e. The summed E-state index contributed by atoms with van der Waals surface area (Å²) in [7, 11) is 0. The number of Topliss-reactive ketones (excluding diaryl/α,β-unsaturated/α-hetero) is 1. The molecule has 0 aromatic carbocycles. The van der Waals surface area contributed by atoms with Crippen LogP contribution in [0.2, 0.25) is 0 Å². The average molecular weight is 326 g/mol. The van der Waals surface area contributed by atoms with Crippen LogP contribution in [0, 0.1) is 0 Å². The molecule has 0 saturated carbocycles. The molecule has 0 unspecified atom stereocenters. The Bertz CT molecular complexity index is 526. The molecule has 126 valence electrons. The van der Waals surface area contributed by atoms with Crippen molar-refractivity contribution < 1.29 is 30.3 Å². The molecule has 0 aliphatic rings. The summed E-state index contributed by atoms with van der Waals surface area (Å²) in [6, 6.07) is 5.72. The van der Waals surface area contributed by atoms with Gasteiger partial charge in [0.05, 0.1) is 12.8 Å². The second kappa shape index (κ2) is 9.71. The van der Waals surface area contributed by atoms with Gasteiger partial charge in [0.15, 0.2) is 5.69 Å². The number of nitrogens with zero attached hydrogens (tertiary/aromatic N) is 3. The molecule has 6 N–H and O–H groups in total. The summed E-state index contributed by atoms with van der Waals surface area (Å²) in [6.07, 6.45) is -2.83. The van der Waals surface area contributed by atoms with Gasteiger partial charge in [0.1, 0.15) is 24.4 Å². The minimum Gasteiger partial charge on any atom is -0.394 e. The molecular weight excluding hydrogens is 308 g/mol. The molecule has 4 atom stereocenters. The molecule has 23 heavy (non-hydrogen) atoms. The fraction of sp³-hybridized carbons (Fsp3) is 0.385. The van der Waals surface area contributed by atoms with Gasteiger partial charge < -0.3 is 25.5 Å². The van der Waals surface area contributed by atoms with E-state index >= 15 is 0 Å². The van der Waals surface area contributed by atoms with Crippen molar-refractivity contribution in [3.8, 4) is 0 Å². The first-order chi connectivity index (χ1) is 11.0. The monoisotopic (exact) mass is 326 g/mol. The number of aliphatic hydroxyl groups is 5. The first kappa shape index (κ1) is 18.8. The van der Waals surface area contributed by atoms with E-state index in [1.807, 2.05) is 18.2 Å². The lowest BCUT2D eigenvalue weighted by Gasteiger charge is -2.24. The van der Waals surface area contributed by atoms with Gasteiger partial charge >= 0.3 is 0 Å².